The van der Waals surface area contributed by atoms with Gasteiger partial charge in [0.15, 0.2) is 0 Å². The molecular formula is C14H16FN3. The van der Waals surface area contributed by atoms with Crippen molar-refractivity contribution in [2.45, 2.75) is 25.3 Å². The van der Waals surface area contributed by atoms with E-state index in [0.717, 1.165) is 5.69 Å². The zero-order valence-electron chi connectivity index (χ0n) is 10.3. The van der Waals surface area contributed by atoms with Crippen LogP contribution in [-0.4, -0.2) is 9.97 Å². The highest BCUT2D eigenvalue weighted by Gasteiger charge is 2.27. The van der Waals surface area contributed by atoms with Crippen LogP contribution in [0.5, 0.6) is 0 Å². The molecule has 0 fully saturated rings. The Kier molecular flexibility index (Phi) is 3.67. The van der Waals surface area contributed by atoms with E-state index in [4.69, 9.17) is 5.73 Å². The molecule has 4 heteroatoms. The van der Waals surface area contributed by atoms with Crippen LogP contribution in [0, 0.1) is 5.82 Å². The Hall–Kier alpha value is -1.81. The summed E-state index contributed by atoms with van der Waals surface area (Å²) in [5, 5.41) is 0. The van der Waals surface area contributed by atoms with Gasteiger partial charge in [-0.3, -0.25) is 9.97 Å². The fraction of sp³-hybridized carbons (Fsp3) is 0.286. The van der Waals surface area contributed by atoms with Crippen LogP contribution in [0.1, 0.15) is 24.7 Å². The van der Waals surface area contributed by atoms with Crippen LogP contribution < -0.4 is 5.73 Å². The molecule has 0 aromatic carbocycles. The number of halogens is 1. The summed E-state index contributed by atoms with van der Waals surface area (Å²) in [5.74, 6) is -0.352. The molecule has 0 saturated heterocycles. The van der Waals surface area contributed by atoms with E-state index in [0.29, 0.717) is 18.5 Å². The predicted molar refractivity (Wildman–Crippen MR) is 68.3 cm³/mol. The molecule has 1 atom stereocenters. The molecule has 2 aromatic heterocycles. The van der Waals surface area contributed by atoms with Gasteiger partial charge in [0.2, 0.25) is 0 Å². The summed E-state index contributed by atoms with van der Waals surface area (Å²) in [4.78, 5) is 8.36. The van der Waals surface area contributed by atoms with Crippen molar-refractivity contribution in [2.75, 3.05) is 0 Å². The van der Waals surface area contributed by atoms with Crippen molar-refractivity contribution < 1.29 is 4.39 Å². The molecule has 0 spiro atoms. The first-order valence-corrected chi connectivity index (χ1v) is 5.95. The van der Waals surface area contributed by atoms with Gasteiger partial charge in [-0.05, 0) is 30.7 Å². The first-order chi connectivity index (χ1) is 8.64. The summed E-state index contributed by atoms with van der Waals surface area (Å²) >= 11 is 0. The molecule has 0 aliphatic heterocycles. The van der Waals surface area contributed by atoms with Crippen LogP contribution >= 0.6 is 0 Å². The Bertz CT molecular complexity index is 498. The molecule has 2 heterocycles. The second-order valence-corrected chi connectivity index (χ2v) is 4.37. The lowest BCUT2D eigenvalue weighted by atomic mass is 9.87. The maximum Gasteiger partial charge on any atom is 0.141 e. The molecule has 18 heavy (non-hydrogen) atoms. The maximum absolute atomic E-state index is 12.9. The van der Waals surface area contributed by atoms with E-state index in [1.54, 1.807) is 12.3 Å². The van der Waals surface area contributed by atoms with E-state index in [1.807, 2.05) is 25.1 Å². The zero-order chi connectivity index (χ0) is 13.0. The first kappa shape index (κ1) is 12.6. The number of pyridine rings is 2. The standard InChI is InChI=1S/C14H16FN3/c1-2-14(16,9-12-5-3-4-8-17-12)13-7-6-11(15)10-18-13/h3-8,10H,2,9,16H2,1H3. The molecule has 1 unspecified atom stereocenters. The number of hydrogen-bond acceptors (Lipinski definition) is 3. The normalized spacial score (nSPS) is 14.2. The summed E-state index contributed by atoms with van der Waals surface area (Å²) in [6.45, 7) is 1.99. The SMILES string of the molecule is CCC(N)(Cc1ccccn1)c1ccc(F)cn1. The average Bonchev–Trinajstić information content (AvgIpc) is 2.40. The number of nitrogens with two attached hydrogens (primary N) is 1. The van der Waals surface area contributed by atoms with Gasteiger partial charge in [0.25, 0.3) is 0 Å². The molecule has 2 rings (SSSR count). The molecule has 0 aliphatic carbocycles. The van der Waals surface area contributed by atoms with Gasteiger partial charge in [-0.2, -0.15) is 0 Å². The third-order valence-electron chi connectivity index (χ3n) is 3.09. The van der Waals surface area contributed by atoms with E-state index in [1.165, 1.54) is 12.3 Å². The van der Waals surface area contributed by atoms with Crippen molar-refractivity contribution in [1.82, 2.24) is 9.97 Å². The molecular weight excluding hydrogens is 229 g/mol. The smallest absolute Gasteiger partial charge is 0.141 e. The molecule has 0 amide bonds. The first-order valence-electron chi connectivity index (χ1n) is 5.95. The second-order valence-electron chi connectivity index (χ2n) is 4.37. The molecule has 0 saturated carbocycles. The topological polar surface area (TPSA) is 51.8 Å². The van der Waals surface area contributed by atoms with Crippen LogP contribution in [0.3, 0.4) is 0 Å². The minimum Gasteiger partial charge on any atom is -0.320 e. The van der Waals surface area contributed by atoms with Crippen molar-refractivity contribution >= 4 is 0 Å². The lowest BCUT2D eigenvalue weighted by molar-refractivity contribution is 0.406. The summed E-state index contributed by atoms with van der Waals surface area (Å²) in [6, 6.07) is 8.75. The van der Waals surface area contributed by atoms with Crippen LogP contribution in [0.2, 0.25) is 0 Å². The Morgan fingerprint density at radius 2 is 2.06 bits per heavy atom. The third-order valence-corrected chi connectivity index (χ3v) is 3.09. The summed E-state index contributed by atoms with van der Waals surface area (Å²) in [7, 11) is 0. The second kappa shape index (κ2) is 5.23. The molecule has 2 aromatic rings. The van der Waals surface area contributed by atoms with Gasteiger partial charge in [0, 0.05) is 18.3 Å². The summed E-state index contributed by atoms with van der Waals surface area (Å²) < 4.78 is 12.9. The van der Waals surface area contributed by atoms with E-state index in [9.17, 15) is 4.39 Å². The van der Waals surface area contributed by atoms with Gasteiger partial charge >= 0.3 is 0 Å². The number of hydrogen-bond donors (Lipinski definition) is 1. The van der Waals surface area contributed by atoms with E-state index >= 15 is 0 Å². The lowest BCUT2D eigenvalue weighted by Gasteiger charge is -2.27. The average molecular weight is 245 g/mol. The van der Waals surface area contributed by atoms with Crippen LogP contribution in [0.15, 0.2) is 42.7 Å². The third kappa shape index (κ3) is 2.71. The molecule has 94 valence electrons. The van der Waals surface area contributed by atoms with Gasteiger partial charge in [0.05, 0.1) is 17.4 Å². The molecule has 0 aliphatic rings. The van der Waals surface area contributed by atoms with Gasteiger partial charge in [0.1, 0.15) is 5.82 Å². The van der Waals surface area contributed by atoms with Crippen LogP contribution in [0.25, 0.3) is 0 Å². The zero-order valence-corrected chi connectivity index (χ0v) is 10.3. The van der Waals surface area contributed by atoms with E-state index < -0.39 is 5.54 Å². The Morgan fingerprint density at radius 1 is 1.22 bits per heavy atom. The fourth-order valence-electron chi connectivity index (χ4n) is 1.89. The van der Waals surface area contributed by atoms with Crippen LogP contribution in [-0.2, 0) is 12.0 Å². The molecule has 2 N–H and O–H groups in total. The minimum absolute atomic E-state index is 0.352. The van der Waals surface area contributed by atoms with E-state index in [2.05, 4.69) is 9.97 Å². The molecule has 0 bridgehead atoms. The largest absolute Gasteiger partial charge is 0.320 e. The van der Waals surface area contributed by atoms with Gasteiger partial charge in [-0.15, -0.1) is 0 Å². The fourth-order valence-corrected chi connectivity index (χ4v) is 1.89. The van der Waals surface area contributed by atoms with Crippen molar-refractivity contribution in [1.29, 1.82) is 0 Å². The monoisotopic (exact) mass is 245 g/mol. The lowest BCUT2D eigenvalue weighted by Crippen LogP contribution is -2.39. The highest BCUT2D eigenvalue weighted by molar-refractivity contribution is 5.19. The van der Waals surface area contributed by atoms with Crippen LogP contribution in [0.4, 0.5) is 4.39 Å². The maximum atomic E-state index is 12.9. The van der Waals surface area contributed by atoms with Crippen molar-refractivity contribution in [3.05, 3.63) is 59.9 Å². The summed E-state index contributed by atoms with van der Waals surface area (Å²) in [6.07, 6.45) is 4.24. The van der Waals surface area contributed by atoms with Crippen molar-refractivity contribution in [2.24, 2.45) is 5.73 Å². The number of nitrogens with zero attached hydrogens (tertiary/aromatic N) is 2. The van der Waals surface area contributed by atoms with Gasteiger partial charge in [-0.25, -0.2) is 4.39 Å². The Balaban J connectivity index is 2.28. The number of rotatable bonds is 4. The molecule has 3 nitrogen and oxygen atoms in total. The summed E-state index contributed by atoms with van der Waals surface area (Å²) in [5.41, 5.74) is 7.37. The predicted octanol–water partition coefficient (Wildman–Crippen LogP) is 2.42. The van der Waals surface area contributed by atoms with Crippen molar-refractivity contribution in [3.63, 3.8) is 0 Å². The number of aromatic nitrogens is 2. The van der Waals surface area contributed by atoms with Crippen molar-refractivity contribution in [3.8, 4) is 0 Å². The quantitative estimate of drug-likeness (QED) is 0.900. The van der Waals surface area contributed by atoms with Gasteiger partial charge in [-0.1, -0.05) is 13.0 Å². The Morgan fingerprint density at radius 3 is 2.61 bits per heavy atom. The Labute approximate surface area is 106 Å². The highest BCUT2D eigenvalue weighted by atomic mass is 19.1. The minimum atomic E-state index is -0.609. The van der Waals surface area contributed by atoms with E-state index in [-0.39, 0.29) is 5.82 Å². The molecule has 0 radical (unpaired) electrons. The highest BCUT2D eigenvalue weighted by Crippen LogP contribution is 2.24. The van der Waals surface area contributed by atoms with Gasteiger partial charge < -0.3 is 5.73 Å².